The van der Waals surface area contributed by atoms with Crippen LogP contribution in [0.1, 0.15) is 21.5 Å². The van der Waals surface area contributed by atoms with Crippen LogP contribution in [-0.2, 0) is 0 Å². The minimum absolute atomic E-state index is 0.0859. The Bertz CT molecular complexity index is 769. The molecule has 0 spiro atoms. The molecule has 1 aliphatic heterocycles. The summed E-state index contributed by atoms with van der Waals surface area (Å²) >= 11 is 0. The lowest BCUT2D eigenvalue weighted by Gasteiger charge is -2.38. The zero-order valence-corrected chi connectivity index (χ0v) is 15.6. The molecule has 4 nitrogen and oxygen atoms in total. The van der Waals surface area contributed by atoms with E-state index in [1.807, 2.05) is 35.2 Å². The van der Waals surface area contributed by atoms with Gasteiger partial charge in [0.1, 0.15) is 0 Å². The smallest absolute Gasteiger partial charge is 0.258 e. The van der Waals surface area contributed by atoms with E-state index in [0.717, 1.165) is 48.7 Å². The topological polar surface area (TPSA) is 26.8 Å². The lowest BCUT2D eigenvalue weighted by Crippen LogP contribution is -2.45. The molecule has 0 N–H and O–H groups in total. The molecule has 0 radical (unpaired) electrons. The molecule has 132 valence electrons. The molecule has 0 bridgehead atoms. The van der Waals surface area contributed by atoms with Crippen molar-refractivity contribution in [2.24, 2.45) is 0 Å². The summed E-state index contributed by atoms with van der Waals surface area (Å²) < 4.78 is 0. The molecule has 0 aromatic heterocycles. The number of likely N-dealkylation sites (N-methyl/N-ethyl adjacent to an activating group) is 1. The second-order valence-electron chi connectivity index (χ2n) is 7.03. The number of aryl methyl sites for hydroxylation is 2. The van der Waals surface area contributed by atoms with Crippen LogP contribution in [0.15, 0.2) is 42.5 Å². The lowest BCUT2D eigenvalue weighted by molar-refractivity contribution is 0.0986. The van der Waals surface area contributed by atoms with Gasteiger partial charge in [0.25, 0.3) is 5.91 Å². The van der Waals surface area contributed by atoms with Crippen molar-refractivity contribution in [1.82, 2.24) is 4.90 Å². The van der Waals surface area contributed by atoms with Gasteiger partial charge in [-0.2, -0.15) is 0 Å². The van der Waals surface area contributed by atoms with Crippen LogP contribution in [0, 0.1) is 13.8 Å². The van der Waals surface area contributed by atoms with Gasteiger partial charge in [-0.25, -0.2) is 0 Å². The van der Waals surface area contributed by atoms with E-state index in [0.29, 0.717) is 0 Å². The zero-order chi connectivity index (χ0) is 18.0. The van der Waals surface area contributed by atoms with Gasteiger partial charge in [-0.1, -0.05) is 18.2 Å². The molecule has 25 heavy (non-hydrogen) atoms. The number of fused-ring (bicyclic) bond motifs is 1. The van der Waals surface area contributed by atoms with Crippen LogP contribution < -0.4 is 9.80 Å². The quantitative estimate of drug-likeness (QED) is 0.856. The molecule has 2 aromatic carbocycles. The number of amides is 1. The SMILES string of the molecule is Cc1ccc(C(=O)N2CCN(CCN(C)C)c3ccccc32)cc1C. The third-order valence-electron chi connectivity index (χ3n) is 4.92. The zero-order valence-electron chi connectivity index (χ0n) is 15.6. The molecule has 0 unspecified atom stereocenters. The summed E-state index contributed by atoms with van der Waals surface area (Å²) in [6.07, 6.45) is 0. The van der Waals surface area contributed by atoms with Crippen molar-refractivity contribution < 1.29 is 4.79 Å². The van der Waals surface area contributed by atoms with E-state index < -0.39 is 0 Å². The van der Waals surface area contributed by atoms with Crippen molar-refractivity contribution in [3.05, 3.63) is 59.2 Å². The second kappa shape index (κ2) is 7.28. The van der Waals surface area contributed by atoms with Crippen LogP contribution >= 0.6 is 0 Å². The third kappa shape index (κ3) is 3.69. The monoisotopic (exact) mass is 337 g/mol. The number of nitrogens with zero attached hydrogens (tertiary/aromatic N) is 3. The van der Waals surface area contributed by atoms with Gasteiger partial charge in [0, 0.05) is 31.7 Å². The molecule has 1 amide bonds. The maximum absolute atomic E-state index is 13.1. The van der Waals surface area contributed by atoms with Crippen molar-refractivity contribution >= 4 is 17.3 Å². The Morgan fingerprint density at radius 2 is 1.72 bits per heavy atom. The first kappa shape index (κ1) is 17.5. The van der Waals surface area contributed by atoms with Gasteiger partial charge < -0.3 is 14.7 Å². The van der Waals surface area contributed by atoms with E-state index in [-0.39, 0.29) is 5.91 Å². The predicted molar refractivity (Wildman–Crippen MR) is 105 cm³/mol. The standard InChI is InChI=1S/C21H27N3O/c1-16-9-10-18(15-17(16)2)21(25)24-14-13-23(12-11-22(3)4)19-7-5-6-8-20(19)24/h5-10,15H,11-14H2,1-4H3. The maximum atomic E-state index is 13.1. The van der Waals surface area contributed by atoms with Crippen LogP contribution in [0.2, 0.25) is 0 Å². The van der Waals surface area contributed by atoms with Crippen LogP contribution in [0.5, 0.6) is 0 Å². The number of carbonyl (C=O) groups excluding carboxylic acids is 1. The Labute approximate surface area is 150 Å². The van der Waals surface area contributed by atoms with Gasteiger partial charge >= 0.3 is 0 Å². The van der Waals surface area contributed by atoms with Gasteiger partial charge in [-0.05, 0) is 63.3 Å². The molecule has 2 aromatic rings. The van der Waals surface area contributed by atoms with Crippen LogP contribution in [0.4, 0.5) is 11.4 Å². The van der Waals surface area contributed by atoms with E-state index in [9.17, 15) is 4.79 Å². The number of hydrogen-bond acceptors (Lipinski definition) is 3. The first-order valence-corrected chi connectivity index (χ1v) is 8.85. The Morgan fingerprint density at radius 3 is 2.40 bits per heavy atom. The van der Waals surface area contributed by atoms with Gasteiger partial charge in [-0.15, -0.1) is 0 Å². The molecule has 4 heteroatoms. The molecule has 0 fully saturated rings. The maximum Gasteiger partial charge on any atom is 0.258 e. The molecule has 0 saturated heterocycles. The number of anilines is 2. The van der Waals surface area contributed by atoms with Crippen molar-refractivity contribution in [3.8, 4) is 0 Å². The average molecular weight is 337 g/mol. The Kier molecular flexibility index (Phi) is 5.09. The second-order valence-corrected chi connectivity index (χ2v) is 7.03. The third-order valence-corrected chi connectivity index (χ3v) is 4.92. The highest BCUT2D eigenvalue weighted by molar-refractivity contribution is 6.08. The molecule has 3 rings (SSSR count). The Hall–Kier alpha value is -2.33. The fourth-order valence-corrected chi connectivity index (χ4v) is 3.22. The summed E-state index contributed by atoms with van der Waals surface area (Å²) in [5, 5.41) is 0. The van der Waals surface area contributed by atoms with Crippen molar-refractivity contribution in [2.45, 2.75) is 13.8 Å². The average Bonchev–Trinajstić information content (AvgIpc) is 2.61. The van der Waals surface area contributed by atoms with E-state index in [1.165, 1.54) is 5.56 Å². The van der Waals surface area contributed by atoms with Crippen molar-refractivity contribution in [2.75, 3.05) is 50.1 Å². The predicted octanol–water partition coefficient (Wildman–Crippen LogP) is 3.33. The highest BCUT2D eigenvalue weighted by Crippen LogP contribution is 2.33. The molecular weight excluding hydrogens is 310 g/mol. The molecule has 1 heterocycles. The minimum atomic E-state index is 0.0859. The van der Waals surface area contributed by atoms with E-state index in [2.05, 4.69) is 49.9 Å². The van der Waals surface area contributed by atoms with Crippen molar-refractivity contribution in [3.63, 3.8) is 0 Å². The number of benzene rings is 2. The molecule has 0 aliphatic carbocycles. The first-order chi connectivity index (χ1) is 12.0. The van der Waals surface area contributed by atoms with E-state index in [4.69, 9.17) is 0 Å². The number of para-hydroxylation sites is 2. The number of hydrogen-bond donors (Lipinski definition) is 0. The van der Waals surface area contributed by atoms with Crippen LogP contribution in [0.3, 0.4) is 0 Å². The highest BCUT2D eigenvalue weighted by atomic mass is 16.2. The van der Waals surface area contributed by atoms with Crippen LogP contribution in [-0.4, -0.2) is 51.1 Å². The molecule has 0 atom stereocenters. The summed E-state index contributed by atoms with van der Waals surface area (Å²) in [4.78, 5) is 19.6. The van der Waals surface area contributed by atoms with E-state index >= 15 is 0 Å². The highest BCUT2D eigenvalue weighted by Gasteiger charge is 2.27. The minimum Gasteiger partial charge on any atom is -0.367 e. The fourth-order valence-electron chi connectivity index (χ4n) is 3.22. The van der Waals surface area contributed by atoms with Gasteiger partial charge in [0.05, 0.1) is 11.4 Å². The van der Waals surface area contributed by atoms with E-state index in [1.54, 1.807) is 0 Å². The number of carbonyl (C=O) groups is 1. The normalized spacial score (nSPS) is 14.0. The largest absolute Gasteiger partial charge is 0.367 e. The van der Waals surface area contributed by atoms with Gasteiger partial charge in [0.2, 0.25) is 0 Å². The Morgan fingerprint density at radius 1 is 1.00 bits per heavy atom. The molecule has 0 saturated carbocycles. The summed E-state index contributed by atoms with van der Waals surface area (Å²) in [6, 6.07) is 14.2. The summed E-state index contributed by atoms with van der Waals surface area (Å²) in [5.74, 6) is 0.0859. The molecule has 1 aliphatic rings. The van der Waals surface area contributed by atoms with Crippen LogP contribution in [0.25, 0.3) is 0 Å². The molecular formula is C21H27N3O. The number of rotatable bonds is 4. The van der Waals surface area contributed by atoms with Gasteiger partial charge in [-0.3, -0.25) is 4.79 Å². The fraction of sp³-hybridized carbons (Fsp3) is 0.381. The summed E-state index contributed by atoms with van der Waals surface area (Å²) in [7, 11) is 4.18. The van der Waals surface area contributed by atoms with Gasteiger partial charge in [0.15, 0.2) is 0 Å². The summed E-state index contributed by atoms with van der Waals surface area (Å²) in [6.45, 7) is 7.68. The Balaban J connectivity index is 1.88. The summed E-state index contributed by atoms with van der Waals surface area (Å²) in [5.41, 5.74) is 5.29. The first-order valence-electron chi connectivity index (χ1n) is 8.85. The lowest BCUT2D eigenvalue weighted by atomic mass is 10.0. The van der Waals surface area contributed by atoms with Crippen molar-refractivity contribution in [1.29, 1.82) is 0 Å².